The maximum Gasteiger partial charge on any atom is 0.356 e. The lowest BCUT2D eigenvalue weighted by Gasteiger charge is -2.10. The van der Waals surface area contributed by atoms with Crippen LogP contribution in [0.3, 0.4) is 0 Å². The number of carboxylic acid groups (broad SMARTS) is 1. The van der Waals surface area contributed by atoms with Crippen LogP contribution in [0.5, 0.6) is 0 Å². The van der Waals surface area contributed by atoms with Crippen molar-refractivity contribution in [2.24, 2.45) is 0 Å². The Kier molecular flexibility index (Phi) is 5.29. The molecule has 0 aliphatic carbocycles. The first-order valence-electron chi connectivity index (χ1n) is 7.69. The van der Waals surface area contributed by atoms with Gasteiger partial charge in [0, 0.05) is 11.2 Å². The normalized spacial score (nSPS) is 11.6. The second-order valence-corrected chi connectivity index (χ2v) is 7.41. The maximum atomic E-state index is 12.4. The van der Waals surface area contributed by atoms with Gasteiger partial charge in [0.15, 0.2) is 5.69 Å². The average molecular weight is 404 g/mol. The lowest BCUT2D eigenvalue weighted by Crippen LogP contribution is -2.12. The Hall–Kier alpha value is -3.10. The molecule has 138 valence electrons. The number of hydrogen-bond donors (Lipinski definition) is 2. The SMILES string of the molecule is O=C(O)c1ccn(-c2ccccc2NS(=O)(=O)C=Cc2ccccc2Cl)n1. The third-order valence-corrected chi connectivity index (χ3v) is 4.89. The van der Waals surface area contributed by atoms with Crippen molar-refractivity contribution in [2.75, 3.05) is 4.72 Å². The van der Waals surface area contributed by atoms with E-state index in [0.717, 1.165) is 5.41 Å². The van der Waals surface area contributed by atoms with Crippen molar-refractivity contribution in [2.45, 2.75) is 0 Å². The molecule has 0 aliphatic rings. The minimum atomic E-state index is -3.84. The van der Waals surface area contributed by atoms with Gasteiger partial charge in [-0.1, -0.05) is 41.9 Å². The molecule has 27 heavy (non-hydrogen) atoms. The van der Waals surface area contributed by atoms with Crippen LogP contribution in [0.15, 0.2) is 66.2 Å². The number of nitrogens with zero attached hydrogens (tertiary/aromatic N) is 2. The summed E-state index contributed by atoms with van der Waals surface area (Å²) in [6.45, 7) is 0. The molecule has 0 fully saturated rings. The molecule has 0 unspecified atom stereocenters. The Morgan fingerprint density at radius 1 is 1.11 bits per heavy atom. The quantitative estimate of drug-likeness (QED) is 0.654. The van der Waals surface area contributed by atoms with Crippen molar-refractivity contribution in [3.05, 3.63) is 82.5 Å². The van der Waals surface area contributed by atoms with Crippen molar-refractivity contribution in [3.8, 4) is 5.69 Å². The Labute approximate surface area is 160 Å². The van der Waals surface area contributed by atoms with Gasteiger partial charge in [-0.05, 0) is 35.9 Å². The minimum absolute atomic E-state index is 0.147. The molecule has 0 spiro atoms. The lowest BCUT2D eigenvalue weighted by atomic mass is 10.2. The number of carboxylic acids is 1. The third kappa shape index (κ3) is 4.55. The number of hydrogen-bond acceptors (Lipinski definition) is 4. The summed E-state index contributed by atoms with van der Waals surface area (Å²) in [5.74, 6) is -1.17. The van der Waals surface area contributed by atoms with Crippen LogP contribution in [0.2, 0.25) is 5.02 Å². The number of carbonyl (C=O) groups is 1. The van der Waals surface area contributed by atoms with Crippen molar-refractivity contribution < 1.29 is 18.3 Å². The number of aromatic nitrogens is 2. The zero-order chi connectivity index (χ0) is 19.4. The van der Waals surface area contributed by atoms with Gasteiger partial charge in [-0.3, -0.25) is 4.72 Å². The van der Waals surface area contributed by atoms with Gasteiger partial charge in [-0.25, -0.2) is 17.9 Å². The predicted octanol–water partition coefficient (Wildman–Crippen LogP) is 3.64. The van der Waals surface area contributed by atoms with Gasteiger partial charge in [0.1, 0.15) is 0 Å². The number of halogens is 1. The van der Waals surface area contributed by atoms with Crippen LogP contribution in [0.1, 0.15) is 16.1 Å². The lowest BCUT2D eigenvalue weighted by molar-refractivity contribution is 0.0690. The summed E-state index contributed by atoms with van der Waals surface area (Å²) in [7, 11) is -3.84. The average Bonchev–Trinajstić information content (AvgIpc) is 3.11. The highest BCUT2D eigenvalue weighted by molar-refractivity contribution is 7.95. The van der Waals surface area contributed by atoms with E-state index in [2.05, 4.69) is 9.82 Å². The summed E-state index contributed by atoms with van der Waals surface area (Å²) in [4.78, 5) is 11.0. The van der Waals surface area contributed by atoms with Crippen LogP contribution in [-0.4, -0.2) is 29.3 Å². The summed E-state index contributed by atoms with van der Waals surface area (Å²) in [6, 6.07) is 14.7. The smallest absolute Gasteiger partial charge is 0.356 e. The number of para-hydroxylation sites is 2. The van der Waals surface area contributed by atoms with Crippen LogP contribution < -0.4 is 4.72 Å². The third-order valence-electron chi connectivity index (χ3n) is 3.54. The van der Waals surface area contributed by atoms with E-state index < -0.39 is 16.0 Å². The molecule has 0 radical (unpaired) electrons. The number of aromatic carboxylic acids is 1. The van der Waals surface area contributed by atoms with E-state index in [0.29, 0.717) is 16.3 Å². The first-order chi connectivity index (χ1) is 12.9. The van der Waals surface area contributed by atoms with Crippen molar-refractivity contribution in [3.63, 3.8) is 0 Å². The molecule has 0 bridgehead atoms. The van der Waals surface area contributed by atoms with Crippen molar-refractivity contribution in [1.29, 1.82) is 0 Å². The Morgan fingerprint density at radius 2 is 1.81 bits per heavy atom. The van der Waals surface area contributed by atoms with E-state index in [4.69, 9.17) is 16.7 Å². The number of rotatable bonds is 6. The molecule has 0 saturated carbocycles. The van der Waals surface area contributed by atoms with E-state index in [-0.39, 0.29) is 11.4 Å². The highest BCUT2D eigenvalue weighted by atomic mass is 35.5. The van der Waals surface area contributed by atoms with Gasteiger partial charge in [0.2, 0.25) is 0 Å². The summed E-state index contributed by atoms with van der Waals surface area (Å²) >= 11 is 6.02. The number of anilines is 1. The van der Waals surface area contributed by atoms with Gasteiger partial charge in [0.25, 0.3) is 10.0 Å². The molecular formula is C18H14ClN3O4S. The van der Waals surface area contributed by atoms with Crippen molar-refractivity contribution in [1.82, 2.24) is 9.78 Å². The Morgan fingerprint density at radius 3 is 2.52 bits per heavy atom. The van der Waals surface area contributed by atoms with E-state index in [1.54, 1.807) is 48.5 Å². The molecular weight excluding hydrogens is 390 g/mol. The number of benzene rings is 2. The van der Waals surface area contributed by atoms with Crippen LogP contribution in [0.4, 0.5) is 5.69 Å². The van der Waals surface area contributed by atoms with E-state index in [9.17, 15) is 13.2 Å². The molecule has 0 atom stereocenters. The first kappa shape index (κ1) is 18.7. The molecule has 1 aromatic heterocycles. The molecule has 2 N–H and O–H groups in total. The summed E-state index contributed by atoms with van der Waals surface area (Å²) < 4.78 is 28.6. The van der Waals surface area contributed by atoms with Gasteiger partial charge < -0.3 is 5.11 Å². The summed E-state index contributed by atoms with van der Waals surface area (Å²) in [5, 5.41) is 14.4. The molecule has 0 amide bonds. The van der Waals surface area contributed by atoms with E-state index in [1.165, 1.54) is 23.0 Å². The topological polar surface area (TPSA) is 101 Å². The molecule has 3 rings (SSSR count). The van der Waals surface area contributed by atoms with Crippen LogP contribution in [0, 0.1) is 0 Å². The predicted molar refractivity (Wildman–Crippen MR) is 104 cm³/mol. The maximum absolute atomic E-state index is 12.4. The molecule has 0 aliphatic heterocycles. The molecule has 1 heterocycles. The number of sulfonamides is 1. The minimum Gasteiger partial charge on any atom is -0.476 e. The highest BCUT2D eigenvalue weighted by Gasteiger charge is 2.13. The largest absolute Gasteiger partial charge is 0.476 e. The highest BCUT2D eigenvalue weighted by Crippen LogP contribution is 2.22. The molecule has 9 heteroatoms. The molecule has 7 nitrogen and oxygen atoms in total. The van der Waals surface area contributed by atoms with Gasteiger partial charge >= 0.3 is 5.97 Å². The molecule has 3 aromatic rings. The zero-order valence-corrected chi connectivity index (χ0v) is 15.4. The molecule has 0 saturated heterocycles. The van der Waals surface area contributed by atoms with Gasteiger partial charge in [-0.15, -0.1) is 0 Å². The monoisotopic (exact) mass is 403 g/mol. The summed E-state index contributed by atoms with van der Waals surface area (Å²) in [5.41, 5.74) is 1.06. The van der Waals surface area contributed by atoms with Gasteiger partial charge in [-0.2, -0.15) is 5.10 Å². The molecule has 2 aromatic carbocycles. The fraction of sp³-hybridized carbons (Fsp3) is 0. The van der Waals surface area contributed by atoms with Crippen LogP contribution >= 0.6 is 11.6 Å². The number of nitrogens with one attached hydrogen (secondary N) is 1. The van der Waals surface area contributed by atoms with Crippen molar-refractivity contribution >= 4 is 39.4 Å². The van der Waals surface area contributed by atoms with E-state index in [1.807, 2.05) is 0 Å². The fourth-order valence-electron chi connectivity index (χ4n) is 2.29. The second kappa shape index (κ2) is 7.65. The van der Waals surface area contributed by atoms with E-state index >= 15 is 0 Å². The van der Waals surface area contributed by atoms with Crippen LogP contribution in [-0.2, 0) is 10.0 Å². The zero-order valence-electron chi connectivity index (χ0n) is 13.8. The Balaban J connectivity index is 1.89. The first-order valence-corrected chi connectivity index (χ1v) is 9.62. The van der Waals surface area contributed by atoms with Gasteiger partial charge in [0.05, 0.1) is 16.8 Å². The Bertz CT molecular complexity index is 1120. The second-order valence-electron chi connectivity index (χ2n) is 5.44. The standard InChI is InChI=1S/C18H14ClN3O4S/c19-14-6-2-1-5-13(14)10-12-27(25,26)21-15-7-3-4-8-17(15)22-11-9-16(20-22)18(23)24/h1-12,21H,(H,23,24). The summed E-state index contributed by atoms with van der Waals surface area (Å²) in [6.07, 6.45) is 2.83. The fourth-order valence-corrected chi connectivity index (χ4v) is 3.36. The van der Waals surface area contributed by atoms with Crippen LogP contribution in [0.25, 0.3) is 11.8 Å².